The summed E-state index contributed by atoms with van der Waals surface area (Å²) in [7, 11) is -3.66. The summed E-state index contributed by atoms with van der Waals surface area (Å²) < 4.78 is 27.9. The number of nitrogens with zero attached hydrogens (tertiary/aromatic N) is 2. The van der Waals surface area contributed by atoms with Crippen molar-refractivity contribution < 1.29 is 13.2 Å². The Morgan fingerprint density at radius 1 is 1.10 bits per heavy atom. The number of aromatic nitrogens is 1. The van der Waals surface area contributed by atoms with E-state index in [0.29, 0.717) is 37.1 Å². The van der Waals surface area contributed by atoms with Gasteiger partial charge in [0.2, 0.25) is 15.6 Å². The van der Waals surface area contributed by atoms with E-state index in [9.17, 15) is 18.0 Å². The van der Waals surface area contributed by atoms with Crippen molar-refractivity contribution in [2.75, 3.05) is 39.3 Å². The molecule has 2 aromatic rings. The van der Waals surface area contributed by atoms with E-state index in [2.05, 4.69) is 29.0 Å². The van der Waals surface area contributed by atoms with Crippen molar-refractivity contribution in [3.63, 3.8) is 0 Å². The van der Waals surface area contributed by atoms with Gasteiger partial charge in [0.1, 0.15) is 0 Å². The molecule has 8 nitrogen and oxygen atoms in total. The molecule has 2 N–H and O–H groups in total. The second-order valence-corrected chi connectivity index (χ2v) is 9.79. The predicted molar refractivity (Wildman–Crippen MR) is 122 cm³/mol. The normalized spacial score (nSPS) is 15.8. The molecule has 0 atom stereocenters. The number of fused-ring (bicyclic) bond motifs is 1. The molecule has 1 amide bonds. The Bertz CT molecular complexity index is 1070. The van der Waals surface area contributed by atoms with Crippen molar-refractivity contribution in [1.29, 1.82) is 0 Å². The molecule has 1 fully saturated rings. The maximum Gasteiger partial charge on any atom is 0.252 e. The second kappa shape index (κ2) is 10.4. The van der Waals surface area contributed by atoms with Gasteiger partial charge in [-0.2, -0.15) is 4.31 Å². The van der Waals surface area contributed by atoms with Crippen molar-refractivity contribution >= 4 is 26.8 Å². The van der Waals surface area contributed by atoms with Gasteiger partial charge < -0.3 is 15.2 Å². The molecule has 1 saturated heterocycles. The zero-order valence-electron chi connectivity index (χ0n) is 18.3. The molecule has 1 aromatic heterocycles. The first kappa shape index (κ1) is 23.4. The van der Waals surface area contributed by atoms with Gasteiger partial charge in [-0.3, -0.25) is 9.59 Å². The number of hydrogen-bond donors (Lipinski definition) is 2. The van der Waals surface area contributed by atoms with E-state index >= 15 is 0 Å². The number of H-pyrrole nitrogens is 1. The maximum absolute atomic E-state index is 13.2. The fourth-order valence-electron chi connectivity index (χ4n) is 3.97. The molecule has 3 rings (SSSR count). The number of benzene rings is 1. The van der Waals surface area contributed by atoms with Gasteiger partial charge in [-0.15, -0.1) is 0 Å². The minimum absolute atomic E-state index is 0.145. The van der Waals surface area contributed by atoms with E-state index in [4.69, 9.17) is 0 Å². The van der Waals surface area contributed by atoms with E-state index in [-0.39, 0.29) is 16.4 Å². The highest BCUT2D eigenvalue weighted by Crippen LogP contribution is 2.24. The summed E-state index contributed by atoms with van der Waals surface area (Å²) in [6, 6.07) is 5.80. The summed E-state index contributed by atoms with van der Waals surface area (Å²) in [4.78, 5) is 29.9. The number of likely N-dealkylation sites (N-methyl/N-ethyl adjacent to an activating group) is 1. The molecule has 0 radical (unpaired) electrons. The predicted octanol–water partition coefficient (Wildman–Crippen LogP) is 2.16. The summed E-state index contributed by atoms with van der Waals surface area (Å²) in [5.74, 6) is -0.382. The lowest BCUT2D eigenvalue weighted by atomic mass is 10.1. The topological polar surface area (TPSA) is 103 Å². The summed E-state index contributed by atoms with van der Waals surface area (Å²) in [5.41, 5.74) is 0.229. The highest BCUT2D eigenvalue weighted by molar-refractivity contribution is 7.89. The molecular formula is C22H32N4O4S. The van der Waals surface area contributed by atoms with E-state index in [1.165, 1.54) is 22.5 Å². The molecule has 0 saturated carbocycles. The van der Waals surface area contributed by atoms with Crippen molar-refractivity contribution in [3.05, 3.63) is 40.2 Å². The summed E-state index contributed by atoms with van der Waals surface area (Å²) in [6.45, 7) is 8.05. The molecule has 2 heterocycles. The molecule has 0 aliphatic carbocycles. The minimum atomic E-state index is -3.66. The van der Waals surface area contributed by atoms with Gasteiger partial charge in [0.25, 0.3) is 5.91 Å². The van der Waals surface area contributed by atoms with Gasteiger partial charge in [0.15, 0.2) is 0 Å². The van der Waals surface area contributed by atoms with Crippen LogP contribution in [0.5, 0.6) is 0 Å². The van der Waals surface area contributed by atoms with E-state index in [0.717, 1.165) is 38.8 Å². The maximum atomic E-state index is 13.2. The third-order valence-corrected chi connectivity index (χ3v) is 7.76. The Kier molecular flexibility index (Phi) is 7.85. The summed E-state index contributed by atoms with van der Waals surface area (Å²) in [6.07, 6.45) is 3.76. The molecule has 9 heteroatoms. The van der Waals surface area contributed by atoms with E-state index in [1.807, 2.05) is 0 Å². The van der Waals surface area contributed by atoms with Crippen LogP contribution in [-0.2, 0) is 10.0 Å². The lowest BCUT2D eigenvalue weighted by Gasteiger charge is -2.20. The lowest BCUT2D eigenvalue weighted by molar-refractivity contribution is 0.0950. The van der Waals surface area contributed by atoms with Crippen LogP contribution in [0.3, 0.4) is 0 Å². The molecule has 1 aromatic carbocycles. The number of rotatable bonds is 8. The van der Waals surface area contributed by atoms with Crippen molar-refractivity contribution in [2.45, 2.75) is 44.4 Å². The van der Waals surface area contributed by atoms with Crippen LogP contribution in [0.25, 0.3) is 10.9 Å². The fraction of sp³-hybridized carbons (Fsp3) is 0.545. The number of carbonyl (C=O) groups excluding carboxylic acids is 1. The number of carbonyl (C=O) groups is 1. The molecule has 1 aliphatic heterocycles. The molecule has 0 unspecified atom stereocenters. The van der Waals surface area contributed by atoms with Crippen molar-refractivity contribution in [2.24, 2.45) is 0 Å². The number of nitrogens with one attached hydrogen (secondary N) is 2. The van der Waals surface area contributed by atoms with E-state index in [1.54, 1.807) is 6.07 Å². The molecule has 0 spiro atoms. The first-order chi connectivity index (χ1) is 14.9. The summed E-state index contributed by atoms with van der Waals surface area (Å²) >= 11 is 0. The molecule has 1 aliphatic rings. The Balaban J connectivity index is 1.91. The quantitative estimate of drug-likeness (QED) is 0.644. The third-order valence-electron chi connectivity index (χ3n) is 5.87. The highest BCUT2D eigenvalue weighted by atomic mass is 32.2. The van der Waals surface area contributed by atoms with Gasteiger partial charge in [0, 0.05) is 43.1 Å². The zero-order valence-corrected chi connectivity index (χ0v) is 19.1. The van der Waals surface area contributed by atoms with Crippen LogP contribution in [0.1, 0.15) is 49.9 Å². The minimum Gasteiger partial charge on any atom is -0.351 e. The Morgan fingerprint density at radius 3 is 2.42 bits per heavy atom. The molecule has 31 heavy (non-hydrogen) atoms. The first-order valence-electron chi connectivity index (χ1n) is 11.0. The largest absolute Gasteiger partial charge is 0.351 e. The molecule has 170 valence electrons. The number of hydrogen-bond acceptors (Lipinski definition) is 5. The van der Waals surface area contributed by atoms with Crippen molar-refractivity contribution in [3.8, 4) is 0 Å². The van der Waals surface area contributed by atoms with Crippen molar-refractivity contribution in [1.82, 2.24) is 19.5 Å². The highest BCUT2D eigenvalue weighted by Gasteiger charge is 2.26. The number of amides is 1. The van der Waals surface area contributed by atoms with Crippen LogP contribution in [0, 0.1) is 0 Å². The van der Waals surface area contributed by atoms with E-state index < -0.39 is 15.6 Å². The monoisotopic (exact) mass is 448 g/mol. The smallest absolute Gasteiger partial charge is 0.252 e. The van der Waals surface area contributed by atoms with Crippen LogP contribution in [0.15, 0.2) is 34.0 Å². The Hall–Kier alpha value is -2.23. The number of sulfonamides is 1. The van der Waals surface area contributed by atoms with Gasteiger partial charge in [-0.25, -0.2) is 8.42 Å². The average molecular weight is 449 g/mol. The lowest BCUT2D eigenvalue weighted by Crippen LogP contribution is -2.35. The summed E-state index contributed by atoms with van der Waals surface area (Å²) in [5, 5.41) is 3.28. The number of pyridine rings is 1. The van der Waals surface area contributed by atoms with Gasteiger partial charge in [0.05, 0.1) is 10.5 Å². The number of aromatic amines is 1. The first-order valence-corrected chi connectivity index (χ1v) is 12.5. The van der Waals surface area contributed by atoms with Crippen LogP contribution < -0.4 is 10.9 Å². The van der Waals surface area contributed by atoms with Crippen LogP contribution in [-0.4, -0.2) is 67.8 Å². The van der Waals surface area contributed by atoms with Gasteiger partial charge in [-0.05, 0) is 44.1 Å². The standard InChI is InChI=1S/C22H32N4O4S/c1-3-25(4-2)14-11-23-22(28)19-16-21(27)24-20-10-9-17(15-18(19)20)31(29,30)26-12-7-5-6-8-13-26/h9-10,15-16H,3-8,11-14H2,1-2H3,(H,23,28)(H,24,27). The SMILES string of the molecule is CCN(CC)CCNC(=O)c1cc(=O)[nH]c2ccc(S(=O)(=O)N3CCCCCC3)cc12. The molecule has 0 bridgehead atoms. The van der Waals surface area contributed by atoms with Crippen LogP contribution in [0.2, 0.25) is 0 Å². The second-order valence-electron chi connectivity index (χ2n) is 7.86. The third kappa shape index (κ3) is 5.53. The molecular weight excluding hydrogens is 416 g/mol. The zero-order chi connectivity index (χ0) is 22.4. The van der Waals surface area contributed by atoms with Crippen LogP contribution >= 0.6 is 0 Å². The van der Waals surface area contributed by atoms with Gasteiger partial charge >= 0.3 is 0 Å². The van der Waals surface area contributed by atoms with Crippen LogP contribution in [0.4, 0.5) is 0 Å². The average Bonchev–Trinajstić information content (AvgIpc) is 3.06. The van der Waals surface area contributed by atoms with Gasteiger partial charge in [-0.1, -0.05) is 26.7 Å². The fourth-order valence-corrected chi connectivity index (χ4v) is 5.52. The Morgan fingerprint density at radius 2 is 1.77 bits per heavy atom. The Labute approximate surface area is 183 Å².